The molecule has 0 heterocycles. The van der Waals surface area contributed by atoms with Crippen LogP contribution in [0.2, 0.25) is 0 Å². The highest BCUT2D eigenvalue weighted by molar-refractivity contribution is 5.39. The molecule has 0 aliphatic carbocycles. The number of nitrogens with zero attached hydrogens (tertiary/aromatic N) is 4. The molecular weight excluding hydrogens is 192 g/mol. The number of benzene rings is 1. The predicted molar refractivity (Wildman–Crippen MR) is 41.4 cm³/mol. The molecule has 0 atom stereocenters. The van der Waals surface area contributed by atoms with E-state index in [1.807, 2.05) is 0 Å². The minimum absolute atomic E-state index is 0.0327. The molecule has 0 aromatic heterocycles. The lowest BCUT2D eigenvalue weighted by Crippen LogP contribution is -1.93. The Kier molecular flexibility index (Phi) is 2.79. The van der Waals surface area contributed by atoms with Gasteiger partial charge in [0.15, 0.2) is 0 Å². The molecule has 0 saturated carbocycles. The lowest BCUT2D eigenvalue weighted by molar-refractivity contribution is -0.477. The van der Waals surface area contributed by atoms with E-state index < -0.39 is 0 Å². The molecule has 74 valence electrons. The van der Waals surface area contributed by atoms with Crippen molar-refractivity contribution in [3.63, 3.8) is 0 Å². The Morgan fingerprint density at radius 2 is 1.14 bits per heavy atom. The Bertz CT molecular complexity index is 335. The van der Waals surface area contributed by atoms with Gasteiger partial charge in [-0.15, -0.1) is 0 Å². The van der Waals surface area contributed by atoms with Crippen LogP contribution < -0.4 is 0 Å². The fraction of sp³-hybridized carbons (Fsp3) is 0. The van der Waals surface area contributed by atoms with E-state index in [0.717, 1.165) is 0 Å². The lowest BCUT2D eigenvalue weighted by Gasteiger charge is -1.97. The molecule has 0 radical (unpaired) electrons. The second-order valence-electron chi connectivity index (χ2n) is 2.24. The van der Waals surface area contributed by atoms with Crippen LogP contribution in [-0.2, 0) is 0 Å². The van der Waals surface area contributed by atoms with Crippen molar-refractivity contribution >= 4 is 11.4 Å². The van der Waals surface area contributed by atoms with Crippen LogP contribution in [0.25, 0.3) is 0 Å². The van der Waals surface area contributed by atoms with Crippen LogP contribution in [0.15, 0.2) is 34.8 Å². The molecule has 0 aliphatic rings. The fourth-order valence-electron chi connectivity index (χ4n) is 0.811. The highest BCUT2D eigenvalue weighted by Crippen LogP contribution is 2.17. The first-order chi connectivity index (χ1) is 6.69. The van der Waals surface area contributed by atoms with E-state index in [0.29, 0.717) is 0 Å². The predicted octanol–water partition coefficient (Wildman–Crippen LogP) is 1.65. The van der Waals surface area contributed by atoms with E-state index >= 15 is 0 Å². The van der Waals surface area contributed by atoms with E-state index in [2.05, 4.69) is 10.6 Å². The minimum atomic E-state index is -0.0327. The Morgan fingerprint density at radius 1 is 0.857 bits per heavy atom. The zero-order chi connectivity index (χ0) is 10.6. The Morgan fingerprint density at radius 3 is 1.36 bits per heavy atom. The summed E-state index contributed by atoms with van der Waals surface area (Å²) in [5.41, 5.74) is 0.0881. The molecule has 0 aliphatic heterocycles. The smallest absolute Gasteiger partial charge is 0.248 e. The van der Waals surface area contributed by atoms with Crippen molar-refractivity contribution in [3.8, 4) is 0 Å². The number of hydrogen-bond acceptors (Lipinski definition) is 4. The van der Waals surface area contributed by atoms with Gasteiger partial charge in [0, 0.05) is 24.3 Å². The third kappa shape index (κ3) is 1.86. The van der Waals surface area contributed by atoms with Crippen molar-refractivity contribution in [1.82, 2.24) is 0 Å². The fourth-order valence-corrected chi connectivity index (χ4v) is 0.811. The van der Waals surface area contributed by atoms with Gasteiger partial charge in [-0.3, -0.25) is 0 Å². The molecule has 0 fully saturated rings. The van der Waals surface area contributed by atoms with Crippen molar-refractivity contribution in [2.75, 3.05) is 0 Å². The monoisotopic (exact) mass is 198 g/mol. The molecule has 0 amide bonds. The summed E-state index contributed by atoms with van der Waals surface area (Å²) in [7, 11) is 0. The van der Waals surface area contributed by atoms with Gasteiger partial charge in [0.1, 0.15) is 0 Å². The van der Waals surface area contributed by atoms with Crippen LogP contribution in [0.5, 0.6) is 0 Å². The maximum absolute atomic E-state index is 10.7. The van der Waals surface area contributed by atoms with Crippen molar-refractivity contribution < 1.29 is 20.1 Å². The van der Waals surface area contributed by atoms with Gasteiger partial charge in [-0.1, -0.05) is 0 Å². The summed E-state index contributed by atoms with van der Waals surface area (Å²) >= 11 is 0. The van der Waals surface area contributed by atoms with Gasteiger partial charge in [0.05, 0.1) is 0 Å². The first-order valence-electron chi connectivity index (χ1n) is 3.43. The summed E-state index contributed by atoms with van der Waals surface area (Å²) < 4.78 is 0. The topological polar surface area (TPSA) is 117 Å². The molecule has 0 spiro atoms. The van der Waals surface area contributed by atoms with Crippen molar-refractivity contribution in [2.45, 2.75) is 0 Å². The molecule has 14 heavy (non-hydrogen) atoms. The maximum atomic E-state index is 10.7. The average Bonchev–Trinajstić information content (AvgIpc) is 2.27. The van der Waals surface area contributed by atoms with E-state index in [1.54, 1.807) is 0 Å². The zero-order valence-electron chi connectivity index (χ0n) is 6.81. The van der Waals surface area contributed by atoms with E-state index in [-0.39, 0.29) is 21.1 Å². The summed E-state index contributed by atoms with van der Waals surface area (Å²) in [6.45, 7) is 0. The summed E-state index contributed by atoms with van der Waals surface area (Å²) in [6, 6.07) is 4.94. The third-order valence-electron chi connectivity index (χ3n) is 1.45. The van der Waals surface area contributed by atoms with Gasteiger partial charge in [-0.05, 0) is 9.72 Å². The average molecular weight is 198 g/mol. The van der Waals surface area contributed by atoms with Crippen molar-refractivity contribution in [3.05, 3.63) is 34.7 Å². The normalized spacial score (nSPS) is 12.9. The van der Waals surface area contributed by atoms with Gasteiger partial charge < -0.3 is 20.8 Å². The molecular formula is C6H6N4O4. The van der Waals surface area contributed by atoms with Crippen LogP contribution in [0.3, 0.4) is 0 Å². The highest BCUT2D eigenvalue weighted by Gasteiger charge is 2.07. The largest absolute Gasteiger partial charge is 0.592 e. The highest BCUT2D eigenvalue weighted by atomic mass is 16.6. The van der Waals surface area contributed by atoms with Crippen molar-refractivity contribution in [1.29, 1.82) is 0 Å². The van der Waals surface area contributed by atoms with E-state index in [4.69, 9.17) is 10.4 Å². The molecule has 8 heteroatoms. The SMILES string of the molecule is [O-]/[N+](=N\O)c1ccc(/[N+]([O-])=N/O)cc1. The molecule has 0 bridgehead atoms. The Balaban J connectivity index is 3.01. The second kappa shape index (κ2) is 4.03. The van der Waals surface area contributed by atoms with Crippen LogP contribution in [-0.4, -0.2) is 20.1 Å². The third-order valence-corrected chi connectivity index (χ3v) is 1.45. The van der Waals surface area contributed by atoms with Crippen LogP contribution in [0, 0.1) is 10.4 Å². The first-order valence-corrected chi connectivity index (χ1v) is 3.43. The molecule has 1 aromatic carbocycles. The van der Waals surface area contributed by atoms with Crippen LogP contribution in [0.4, 0.5) is 11.4 Å². The second-order valence-corrected chi connectivity index (χ2v) is 2.24. The van der Waals surface area contributed by atoms with E-state index in [9.17, 15) is 10.4 Å². The Labute approximate surface area is 77.7 Å². The minimum Gasteiger partial charge on any atom is -0.592 e. The van der Waals surface area contributed by atoms with Gasteiger partial charge in [-0.2, -0.15) is 0 Å². The summed E-state index contributed by atoms with van der Waals surface area (Å²) in [6.07, 6.45) is 0. The standard InChI is InChI=1S/C6H6N4O4/c11-7-9(13)5-1-2-6(4-3-5)10(14)8-12/h1-4,11-12H/b9-7-,10-8-. The molecule has 8 nitrogen and oxygen atoms in total. The van der Waals surface area contributed by atoms with Gasteiger partial charge >= 0.3 is 0 Å². The van der Waals surface area contributed by atoms with Crippen LogP contribution >= 0.6 is 0 Å². The van der Waals surface area contributed by atoms with Gasteiger partial charge in [-0.25, -0.2) is 0 Å². The van der Waals surface area contributed by atoms with E-state index in [1.165, 1.54) is 24.3 Å². The molecule has 0 unspecified atom stereocenters. The summed E-state index contributed by atoms with van der Waals surface area (Å²) in [4.78, 5) is -0.0655. The maximum Gasteiger partial charge on any atom is 0.248 e. The number of hydrogen-bond donors (Lipinski definition) is 2. The molecule has 1 rings (SSSR count). The van der Waals surface area contributed by atoms with Crippen LogP contribution in [0.1, 0.15) is 0 Å². The molecule has 2 N–H and O–H groups in total. The van der Waals surface area contributed by atoms with Gasteiger partial charge in [0.2, 0.25) is 21.9 Å². The zero-order valence-corrected chi connectivity index (χ0v) is 6.81. The molecule has 1 aromatic rings. The number of rotatable bonds is 2. The lowest BCUT2D eigenvalue weighted by atomic mass is 10.3. The molecule has 0 saturated heterocycles. The Hall–Kier alpha value is -2.38. The van der Waals surface area contributed by atoms with Gasteiger partial charge in [0.25, 0.3) is 0 Å². The summed E-state index contributed by atoms with van der Waals surface area (Å²) in [5.74, 6) is 0. The van der Waals surface area contributed by atoms with Crippen molar-refractivity contribution in [2.24, 2.45) is 10.6 Å². The quantitative estimate of drug-likeness (QED) is 0.426. The summed E-state index contributed by atoms with van der Waals surface area (Å²) in [5, 5.41) is 42.4. The first kappa shape index (κ1) is 9.71.